The molecule has 1 aliphatic heterocycles. The van der Waals surface area contributed by atoms with Crippen LogP contribution >= 0.6 is 23.2 Å². The van der Waals surface area contributed by atoms with Crippen molar-refractivity contribution in [3.05, 3.63) is 70.3 Å². The highest BCUT2D eigenvalue weighted by molar-refractivity contribution is 6.33. The van der Waals surface area contributed by atoms with Crippen molar-refractivity contribution < 1.29 is 9.90 Å². The maximum atomic E-state index is 12.9. The van der Waals surface area contributed by atoms with Crippen molar-refractivity contribution in [2.24, 2.45) is 5.92 Å². The normalized spacial score (nSPS) is 15.8. The maximum absolute atomic E-state index is 12.9. The number of aromatic hydroxyl groups is 1. The monoisotopic (exact) mass is 524 g/mol. The van der Waals surface area contributed by atoms with Crippen molar-refractivity contribution in [1.82, 2.24) is 19.5 Å². The molecule has 8 nitrogen and oxygen atoms in total. The van der Waals surface area contributed by atoms with Gasteiger partial charge in [0.25, 0.3) is 0 Å². The van der Waals surface area contributed by atoms with E-state index in [9.17, 15) is 9.90 Å². The number of piperidine rings is 1. The molecule has 186 valence electrons. The van der Waals surface area contributed by atoms with Crippen molar-refractivity contribution in [2.45, 2.75) is 19.8 Å². The third-order valence-corrected chi connectivity index (χ3v) is 6.86. The highest BCUT2D eigenvalue weighted by atomic mass is 35.5. The van der Waals surface area contributed by atoms with E-state index in [1.165, 1.54) is 12.1 Å². The molecule has 0 radical (unpaired) electrons. The lowest BCUT2D eigenvalue weighted by molar-refractivity contribution is 0.180. The fraction of sp³-hybridized carbons (Fsp3) is 0.269. The molecule has 0 saturated carbocycles. The lowest BCUT2D eigenvalue weighted by atomic mass is 9.98. The average Bonchev–Trinajstić information content (AvgIpc) is 3.23. The Bertz CT molecular complexity index is 1400. The highest BCUT2D eigenvalue weighted by Crippen LogP contribution is 2.30. The Hall–Kier alpha value is -3.49. The number of phenols is 1. The van der Waals surface area contributed by atoms with Crippen LogP contribution in [0.5, 0.6) is 5.75 Å². The lowest BCUT2D eigenvalue weighted by Crippen LogP contribution is -2.44. The second kappa shape index (κ2) is 10.2. The Balaban J connectivity index is 1.30. The molecule has 5 rings (SSSR count). The van der Waals surface area contributed by atoms with E-state index in [1.54, 1.807) is 21.7 Å². The summed E-state index contributed by atoms with van der Waals surface area (Å²) in [4.78, 5) is 19.4. The minimum atomic E-state index is -0.212. The Morgan fingerprint density at radius 3 is 2.83 bits per heavy atom. The molecular formula is C26H26Cl2N6O2. The number of phenolic OH excluding ortho intramolecular Hbond substituents is 1. The standard InChI is InChI=1S/C26H26Cl2N6O2/c1-16-13-30-34-24(12-23(32-25(16)34)21-6-2-3-7-22(21)28)29-14-17-5-4-8-33(15-17)26(36)31-19-9-18(27)10-20(35)11-19/h2-3,6-7,9-13,17,29,35H,4-5,8,14-15H2,1H3,(H,31,36). The number of rotatable bonds is 5. The Labute approximate surface area is 218 Å². The summed E-state index contributed by atoms with van der Waals surface area (Å²) in [6.07, 6.45) is 3.70. The summed E-state index contributed by atoms with van der Waals surface area (Å²) in [6.45, 7) is 3.92. The number of amides is 2. The predicted molar refractivity (Wildman–Crippen MR) is 143 cm³/mol. The molecule has 1 unspecified atom stereocenters. The van der Waals surface area contributed by atoms with Gasteiger partial charge >= 0.3 is 6.03 Å². The van der Waals surface area contributed by atoms with Crippen LogP contribution in [0.3, 0.4) is 0 Å². The first-order valence-corrected chi connectivity index (χ1v) is 12.5. The number of benzene rings is 2. The topological polar surface area (TPSA) is 94.8 Å². The van der Waals surface area contributed by atoms with Crippen molar-refractivity contribution in [3.8, 4) is 17.0 Å². The van der Waals surface area contributed by atoms with Crippen molar-refractivity contribution >= 4 is 46.4 Å². The number of urea groups is 1. The van der Waals surface area contributed by atoms with Crippen LogP contribution in [-0.4, -0.2) is 50.3 Å². The Kier molecular flexibility index (Phi) is 6.89. The molecule has 1 atom stereocenters. The van der Waals surface area contributed by atoms with E-state index < -0.39 is 0 Å². The van der Waals surface area contributed by atoms with E-state index in [0.717, 1.165) is 41.1 Å². The summed E-state index contributed by atoms with van der Waals surface area (Å²) in [6, 6.07) is 13.9. The summed E-state index contributed by atoms with van der Waals surface area (Å²) in [7, 11) is 0. The molecule has 0 aliphatic carbocycles. The second-order valence-corrected chi connectivity index (χ2v) is 9.88. The summed E-state index contributed by atoms with van der Waals surface area (Å²) in [5, 5.41) is 21.6. The minimum Gasteiger partial charge on any atom is -0.508 e. The number of halogens is 2. The van der Waals surface area contributed by atoms with Crippen LogP contribution < -0.4 is 10.6 Å². The van der Waals surface area contributed by atoms with E-state index >= 15 is 0 Å². The van der Waals surface area contributed by atoms with E-state index in [4.69, 9.17) is 28.2 Å². The molecule has 1 aliphatic rings. The molecule has 2 aromatic heterocycles. The Morgan fingerprint density at radius 1 is 1.19 bits per heavy atom. The molecule has 1 saturated heterocycles. The molecule has 1 fully saturated rings. The molecule has 36 heavy (non-hydrogen) atoms. The van der Waals surface area contributed by atoms with Crippen molar-refractivity contribution in [3.63, 3.8) is 0 Å². The number of likely N-dealkylation sites (tertiary alicyclic amines) is 1. The number of carbonyl (C=O) groups excluding carboxylic acids is 1. The molecule has 2 aromatic carbocycles. The van der Waals surface area contributed by atoms with Gasteiger partial charge in [-0.05, 0) is 43.9 Å². The number of fused-ring (bicyclic) bond motifs is 1. The average molecular weight is 525 g/mol. The quantitative estimate of drug-likeness (QED) is 0.294. The number of hydrogen-bond acceptors (Lipinski definition) is 5. The predicted octanol–water partition coefficient (Wildman–Crippen LogP) is 6.07. The van der Waals surface area contributed by atoms with Crippen LogP contribution in [0.2, 0.25) is 10.0 Å². The second-order valence-electron chi connectivity index (χ2n) is 9.03. The fourth-order valence-electron chi connectivity index (χ4n) is 4.52. The van der Waals surface area contributed by atoms with Gasteiger partial charge in [-0.2, -0.15) is 9.61 Å². The summed E-state index contributed by atoms with van der Waals surface area (Å²) in [5.41, 5.74) is 3.83. The first kappa shape index (κ1) is 24.2. The van der Waals surface area contributed by atoms with Gasteiger partial charge in [-0.1, -0.05) is 41.4 Å². The molecule has 2 amide bonds. The minimum absolute atomic E-state index is 0.00667. The zero-order valence-electron chi connectivity index (χ0n) is 19.7. The molecule has 10 heteroatoms. The SMILES string of the molecule is Cc1cnn2c(NCC3CCCN(C(=O)Nc4cc(O)cc(Cl)c4)C3)cc(-c3ccccc3Cl)nc12. The smallest absolute Gasteiger partial charge is 0.321 e. The maximum Gasteiger partial charge on any atom is 0.321 e. The van der Waals surface area contributed by atoms with Crippen LogP contribution in [0.4, 0.5) is 16.3 Å². The summed E-state index contributed by atoms with van der Waals surface area (Å²) >= 11 is 12.4. The number of carbonyl (C=O) groups is 1. The molecule has 0 spiro atoms. The van der Waals surface area contributed by atoms with Gasteiger partial charge in [0, 0.05) is 58.6 Å². The molecular weight excluding hydrogens is 499 g/mol. The molecule has 3 heterocycles. The van der Waals surface area contributed by atoms with Gasteiger partial charge < -0.3 is 20.6 Å². The molecule has 4 aromatic rings. The third-order valence-electron chi connectivity index (χ3n) is 6.31. The Morgan fingerprint density at radius 2 is 2.03 bits per heavy atom. The first-order chi connectivity index (χ1) is 17.4. The third kappa shape index (κ3) is 5.20. The van der Waals surface area contributed by atoms with E-state index in [0.29, 0.717) is 35.4 Å². The van der Waals surface area contributed by atoms with Crippen LogP contribution in [0.1, 0.15) is 18.4 Å². The van der Waals surface area contributed by atoms with Crippen molar-refractivity contribution in [1.29, 1.82) is 0 Å². The van der Waals surface area contributed by atoms with Crippen LogP contribution in [0, 0.1) is 12.8 Å². The lowest BCUT2D eigenvalue weighted by Gasteiger charge is -2.33. The van der Waals surface area contributed by atoms with Crippen LogP contribution in [0.15, 0.2) is 54.7 Å². The number of aromatic nitrogens is 3. The highest BCUT2D eigenvalue weighted by Gasteiger charge is 2.24. The van der Waals surface area contributed by atoms with E-state index in [2.05, 4.69) is 15.7 Å². The van der Waals surface area contributed by atoms with Gasteiger partial charge in [0.05, 0.1) is 11.9 Å². The zero-order chi connectivity index (χ0) is 25.2. The van der Waals surface area contributed by atoms with Crippen LogP contribution in [0.25, 0.3) is 16.9 Å². The van der Waals surface area contributed by atoms with Gasteiger partial charge in [-0.3, -0.25) is 0 Å². The number of anilines is 2. The van der Waals surface area contributed by atoms with Crippen LogP contribution in [-0.2, 0) is 0 Å². The number of hydrogen-bond donors (Lipinski definition) is 3. The molecule has 0 bridgehead atoms. The summed E-state index contributed by atoms with van der Waals surface area (Å²) < 4.78 is 1.80. The van der Waals surface area contributed by atoms with E-state index in [1.807, 2.05) is 37.3 Å². The number of aryl methyl sites for hydroxylation is 1. The van der Waals surface area contributed by atoms with Gasteiger partial charge in [-0.25, -0.2) is 9.78 Å². The largest absolute Gasteiger partial charge is 0.508 e. The van der Waals surface area contributed by atoms with Crippen molar-refractivity contribution in [2.75, 3.05) is 30.3 Å². The van der Waals surface area contributed by atoms with Gasteiger partial charge in [0.15, 0.2) is 5.65 Å². The molecule has 3 N–H and O–H groups in total. The number of nitrogens with one attached hydrogen (secondary N) is 2. The van der Waals surface area contributed by atoms with Gasteiger partial charge in [0.1, 0.15) is 11.6 Å². The number of nitrogens with zero attached hydrogens (tertiary/aromatic N) is 4. The first-order valence-electron chi connectivity index (χ1n) is 11.8. The zero-order valence-corrected chi connectivity index (χ0v) is 21.2. The summed E-state index contributed by atoms with van der Waals surface area (Å²) in [5.74, 6) is 1.08. The fourth-order valence-corrected chi connectivity index (χ4v) is 4.98. The van der Waals surface area contributed by atoms with E-state index in [-0.39, 0.29) is 17.7 Å². The van der Waals surface area contributed by atoms with Gasteiger partial charge in [-0.15, -0.1) is 0 Å². The van der Waals surface area contributed by atoms with Gasteiger partial charge in [0.2, 0.25) is 0 Å².